The van der Waals surface area contributed by atoms with E-state index < -0.39 is 9.84 Å². The highest BCUT2D eigenvalue weighted by atomic mass is 32.2. The van der Waals surface area contributed by atoms with Gasteiger partial charge in [-0.25, -0.2) is 13.1 Å². The van der Waals surface area contributed by atoms with E-state index in [1.807, 2.05) is 13.0 Å². The van der Waals surface area contributed by atoms with Crippen molar-refractivity contribution in [1.29, 1.82) is 5.26 Å². The van der Waals surface area contributed by atoms with Crippen LogP contribution in [0.5, 0.6) is 0 Å². The van der Waals surface area contributed by atoms with Gasteiger partial charge in [-0.05, 0) is 19.1 Å². The molecular weight excluding hydrogens is 266 g/mol. The summed E-state index contributed by atoms with van der Waals surface area (Å²) in [4.78, 5) is 0.0915. The van der Waals surface area contributed by atoms with Gasteiger partial charge < -0.3 is 5.73 Å². The van der Waals surface area contributed by atoms with E-state index in [4.69, 9.17) is 11.0 Å². The fourth-order valence-electron chi connectivity index (χ4n) is 1.51. The molecule has 8 heteroatoms. The summed E-state index contributed by atoms with van der Waals surface area (Å²) in [6.07, 6.45) is 0. The molecule has 98 valence electrons. The summed E-state index contributed by atoms with van der Waals surface area (Å²) in [5, 5.41) is 15.3. The van der Waals surface area contributed by atoms with Crippen LogP contribution in [0.2, 0.25) is 0 Å². The predicted octanol–water partition coefficient (Wildman–Crippen LogP) is 0.525. The van der Waals surface area contributed by atoms with E-state index in [0.29, 0.717) is 0 Å². The van der Waals surface area contributed by atoms with Crippen molar-refractivity contribution in [3.63, 3.8) is 0 Å². The number of nitrogen functional groups attached to an aromatic ring is 1. The van der Waals surface area contributed by atoms with Gasteiger partial charge in [-0.2, -0.15) is 5.26 Å². The van der Waals surface area contributed by atoms with Crippen LogP contribution >= 0.6 is 0 Å². The van der Waals surface area contributed by atoms with Gasteiger partial charge >= 0.3 is 0 Å². The number of nitriles is 1. The molecule has 0 bridgehead atoms. The monoisotopic (exact) mass is 277 g/mol. The second-order valence-corrected chi connectivity index (χ2v) is 5.78. The van der Waals surface area contributed by atoms with E-state index in [-0.39, 0.29) is 22.3 Å². The number of hydrogen-bond acceptors (Lipinski definition) is 6. The van der Waals surface area contributed by atoms with Crippen LogP contribution in [-0.2, 0) is 16.4 Å². The molecule has 19 heavy (non-hydrogen) atoms. The third kappa shape index (κ3) is 2.28. The van der Waals surface area contributed by atoms with E-state index >= 15 is 0 Å². The second-order valence-electron chi connectivity index (χ2n) is 3.91. The first kappa shape index (κ1) is 13.0. The van der Waals surface area contributed by atoms with Crippen LogP contribution in [0.4, 0.5) is 5.82 Å². The third-order valence-corrected chi connectivity index (χ3v) is 4.24. The van der Waals surface area contributed by atoms with Gasteiger partial charge in [0.1, 0.15) is 6.54 Å². The normalized spacial score (nSPS) is 11.2. The molecule has 0 saturated carbocycles. The molecule has 0 radical (unpaired) electrons. The molecule has 2 aromatic rings. The Kier molecular flexibility index (Phi) is 3.23. The number of aryl methyl sites for hydroxylation is 1. The molecule has 1 aromatic carbocycles. The van der Waals surface area contributed by atoms with Crippen molar-refractivity contribution in [3.8, 4) is 6.07 Å². The number of sulfone groups is 1. The maximum Gasteiger partial charge on any atom is 0.229 e. The first-order valence-electron chi connectivity index (χ1n) is 5.34. The van der Waals surface area contributed by atoms with Crippen molar-refractivity contribution in [1.82, 2.24) is 15.0 Å². The second kappa shape index (κ2) is 4.70. The summed E-state index contributed by atoms with van der Waals surface area (Å²) in [6.45, 7) is 1.70. The van der Waals surface area contributed by atoms with E-state index in [9.17, 15) is 8.42 Å². The standard InChI is InChI=1S/C11H11N5O2S/c1-8-2-4-9(5-3-8)19(17,18)11-10(13)16(7-6-12)15-14-11/h2-5H,7,13H2,1H3. The molecule has 0 unspecified atom stereocenters. The molecule has 0 spiro atoms. The smallest absolute Gasteiger partial charge is 0.229 e. The number of rotatable bonds is 3. The predicted molar refractivity (Wildman–Crippen MR) is 66.7 cm³/mol. The summed E-state index contributed by atoms with van der Waals surface area (Å²) in [7, 11) is -3.81. The molecule has 1 aromatic heterocycles. The minimum atomic E-state index is -3.81. The number of benzene rings is 1. The molecule has 0 saturated heterocycles. The topological polar surface area (TPSA) is 115 Å². The van der Waals surface area contributed by atoms with Gasteiger partial charge in [0.2, 0.25) is 14.9 Å². The Morgan fingerprint density at radius 1 is 1.37 bits per heavy atom. The van der Waals surface area contributed by atoms with Gasteiger partial charge in [-0.1, -0.05) is 22.9 Å². The fraction of sp³-hybridized carbons (Fsp3) is 0.182. The van der Waals surface area contributed by atoms with Crippen molar-refractivity contribution in [2.24, 2.45) is 0 Å². The van der Waals surface area contributed by atoms with Gasteiger partial charge in [0, 0.05) is 0 Å². The first-order chi connectivity index (χ1) is 8.96. The van der Waals surface area contributed by atoms with E-state index in [2.05, 4.69) is 10.3 Å². The summed E-state index contributed by atoms with van der Waals surface area (Å²) in [5.74, 6) is -0.137. The van der Waals surface area contributed by atoms with Crippen LogP contribution in [0.1, 0.15) is 5.56 Å². The van der Waals surface area contributed by atoms with Gasteiger partial charge in [0.25, 0.3) is 0 Å². The van der Waals surface area contributed by atoms with Crippen molar-refractivity contribution < 1.29 is 8.42 Å². The van der Waals surface area contributed by atoms with Crippen molar-refractivity contribution in [3.05, 3.63) is 29.8 Å². The van der Waals surface area contributed by atoms with Crippen LogP contribution in [0.15, 0.2) is 34.2 Å². The lowest BCUT2D eigenvalue weighted by atomic mass is 10.2. The fourth-order valence-corrected chi connectivity index (χ4v) is 2.75. The Balaban J connectivity index is 2.51. The maximum absolute atomic E-state index is 12.3. The molecule has 0 aliphatic rings. The average molecular weight is 277 g/mol. The summed E-state index contributed by atoms with van der Waals surface area (Å²) in [5.41, 5.74) is 6.59. The zero-order chi connectivity index (χ0) is 14.0. The van der Waals surface area contributed by atoms with E-state index in [1.54, 1.807) is 12.1 Å². The SMILES string of the molecule is Cc1ccc(S(=O)(=O)c2nnn(CC#N)c2N)cc1. The highest BCUT2D eigenvalue weighted by Gasteiger charge is 2.25. The summed E-state index contributed by atoms with van der Waals surface area (Å²) in [6, 6.07) is 8.15. The molecule has 0 amide bonds. The zero-order valence-electron chi connectivity index (χ0n) is 10.1. The Morgan fingerprint density at radius 2 is 2.00 bits per heavy atom. The minimum Gasteiger partial charge on any atom is -0.381 e. The molecule has 7 nitrogen and oxygen atoms in total. The number of nitrogens with zero attached hydrogens (tertiary/aromatic N) is 4. The highest BCUT2D eigenvalue weighted by molar-refractivity contribution is 7.91. The lowest BCUT2D eigenvalue weighted by molar-refractivity contribution is 0.592. The lowest BCUT2D eigenvalue weighted by Crippen LogP contribution is -2.08. The first-order valence-corrected chi connectivity index (χ1v) is 6.83. The van der Waals surface area contributed by atoms with Gasteiger partial charge in [0.05, 0.1) is 11.0 Å². The van der Waals surface area contributed by atoms with E-state index in [1.165, 1.54) is 12.1 Å². The quantitative estimate of drug-likeness (QED) is 0.874. The maximum atomic E-state index is 12.3. The van der Waals surface area contributed by atoms with Crippen LogP contribution in [0.25, 0.3) is 0 Å². The van der Waals surface area contributed by atoms with Crippen LogP contribution in [0.3, 0.4) is 0 Å². The largest absolute Gasteiger partial charge is 0.381 e. The molecule has 0 fully saturated rings. The van der Waals surface area contributed by atoms with Crippen LogP contribution in [-0.4, -0.2) is 23.4 Å². The number of anilines is 1. The molecule has 0 aliphatic carbocycles. The van der Waals surface area contributed by atoms with Gasteiger partial charge in [0.15, 0.2) is 5.82 Å². The number of nitrogens with two attached hydrogens (primary N) is 1. The van der Waals surface area contributed by atoms with Crippen LogP contribution < -0.4 is 5.73 Å². The average Bonchev–Trinajstić information content (AvgIpc) is 2.73. The van der Waals surface area contributed by atoms with Gasteiger partial charge in [-0.3, -0.25) is 0 Å². The zero-order valence-corrected chi connectivity index (χ0v) is 10.9. The molecular formula is C11H11N5O2S. The molecule has 1 heterocycles. The van der Waals surface area contributed by atoms with Crippen LogP contribution in [0, 0.1) is 18.3 Å². The third-order valence-electron chi connectivity index (χ3n) is 2.55. The molecule has 2 N–H and O–H groups in total. The Bertz CT molecular complexity index is 740. The Labute approximate surface area is 110 Å². The minimum absolute atomic E-state index is 0.0915. The van der Waals surface area contributed by atoms with Crippen molar-refractivity contribution in [2.75, 3.05) is 5.73 Å². The molecule has 2 rings (SSSR count). The van der Waals surface area contributed by atoms with Gasteiger partial charge in [-0.15, -0.1) is 5.10 Å². The number of hydrogen-bond donors (Lipinski definition) is 1. The molecule has 0 atom stereocenters. The van der Waals surface area contributed by atoms with Crippen molar-refractivity contribution >= 4 is 15.7 Å². The Morgan fingerprint density at radius 3 is 2.58 bits per heavy atom. The lowest BCUT2D eigenvalue weighted by Gasteiger charge is -2.02. The molecule has 0 aliphatic heterocycles. The van der Waals surface area contributed by atoms with E-state index in [0.717, 1.165) is 10.2 Å². The number of aromatic nitrogens is 3. The highest BCUT2D eigenvalue weighted by Crippen LogP contribution is 2.23. The summed E-state index contributed by atoms with van der Waals surface area (Å²) < 4.78 is 25.7. The Hall–Kier alpha value is -2.40. The van der Waals surface area contributed by atoms with Crippen molar-refractivity contribution in [2.45, 2.75) is 23.4 Å². The summed E-state index contributed by atoms with van der Waals surface area (Å²) >= 11 is 0.